The third kappa shape index (κ3) is 5.69. The molecule has 0 atom stereocenters. The molecule has 270 valence electrons. The van der Waals surface area contributed by atoms with Crippen LogP contribution in [0.2, 0.25) is 0 Å². The Morgan fingerprint density at radius 1 is 0.172 bits per heavy atom. The van der Waals surface area contributed by atoms with E-state index in [0.29, 0.717) is 0 Å². The van der Waals surface area contributed by atoms with Crippen molar-refractivity contribution in [3.8, 4) is 100 Å². The highest BCUT2D eigenvalue weighted by atomic mass is 14.3. The molecule has 10 aromatic rings. The molecular weight excluding hydrogens is 697 g/mol. The van der Waals surface area contributed by atoms with Gasteiger partial charge in [0.25, 0.3) is 0 Å². The number of rotatable bonds is 7. The van der Waals surface area contributed by atoms with E-state index < -0.39 is 0 Å². The normalized spacial score (nSPS) is 11.4. The molecule has 58 heavy (non-hydrogen) atoms. The summed E-state index contributed by atoms with van der Waals surface area (Å²) in [7, 11) is 0. The van der Waals surface area contributed by atoms with E-state index in [1.54, 1.807) is 0 Å². The molecule has 0 unspecified atom stereocenters. The average molecular weight is 735 g/mol. The Balaban J connectivity index is 1.04. The zero-order chi connectivity index (χ0) is 38.4. The van der Waals surface area contributed by atoms with E-state index in [9.17, 15) is 0 Å². The standard InChI is InChI=1S/C58H38/c1-5-16-41(17-6-1)53-38-54(56(45-20-9-3-10-21-45)57(46-22-11-4-12-23-46)55(53)44-18-7-2-8-19-44)43-34-30-40(31-35-43)39-28-32-42(33-29-39)47-36-37-52-49-25-14-13-24-48(49)51-27-15-26-50(47)58(51)52/h1-38H. The highest BCUT2D eigenvalue weighted by molar-refractivity contribution is 6.18. The Kier molecular flexibility index (Phi) is 8.26. The lowest BCUT2D eigenvalue weighted by molar-refractivity contribution is 1.52. The molecule has 11 rings (SSSR count). The summed E-state index contributed by atoms with van der Waals surface area (Å²) in [5, 5.41) is 2.67. The molecule has 1 aliphatic carbocycles. The van der Waals surface area contributed by atoms with Gasteiger partial charge < -0.3 is 0 Å². The Morgan fingerprint density at radius 3 is 1.02 bits per heavy atom. The topological polar surface area (TPSA) is 0 Å². The van der Waals surface area contributed by atoms with E-state index >= 15 is 0 Å². The van der Waals surface area contributed by atoms with Gasteiger partial charge in [-0.1, -0.05) is 224 Å². The summed E-state index contributed by atoms with van der Waals surface area (Å²) in [6, 6.07) is 84.4. The van der Waals surface area contributed by atoms with Gasteiger partial charge >= 0.3 is 0 Å². The fraction of sp³-hybridized carbons (Fsp3) is 0. The summed E-state index contributed by atoms with van der Waals surface area (Å²) in [5.41, 5.74) is 22.3. The molecule has 0 aromatic heterocycles. The van der Waals surface area contributed by atoms with Crippen molar-refractivity contribution in [3.63, 3.8) is 0 Å². The second-order valence-electron chi connectivity index (χ2n) is 15.1. The lowest BCUT2D eigenvalue weighted by Crippen LogP contribution is -1.98. The summed E-state index contributed by atoms with van der Waals surface area (Å²) in [5.74, 6) is 0. The second kappa shape index (κ2) is 14.2. The van der Waals surface area contributed by atoms with Gasteiger partial charge in [0.05, 0.1) is 0 Å². The fourth-order valence-corrected chi connectivity index (χ4v) is 9.20. The van der Waals surface area contributed by atoms with Gasteiger partial charge in [-0.05, 0) is 117 Å². The van der Waals surface area contributed by atoms with Crippen molar-refractivity contribution in [1.82, 2.24) is 0 Å². The van der Waals surface area contributed by atoms with Gasteiger partial charge in [-0.25, -0.2) is 0 Å². The first-order valence-electron chi connectivity index (χ1n) is 20.1. The van der Waals surface area contributed by atoms with Crippen molar-refractivity contribution in [2.75, 3.05) is 0 Å². The van der Waals surface area contributed by atoms with Crippen molar-refractivity contribution >= 4 is 10.8 Å². The van der Waals surface area contributed by atoms with E-state index in [1.165, 1.54) is 111 Å². The molecule has 0 aliphatic heterocycles. The first kappa shape index (κ1) is 33.8. The highest BCUT2D eigenvalue weighted by Gasteiger charge is 2.24. The van der Waals surface area contributed by atoms with Crippen molar-refractivity contribution in [3.05, 3.63) is 231 Å². The van der Waals surface area contributed by atoms with Gasteiger partial charge in [0.1, 0.15) is 0 Å². The molecular formula is C58H38. The predicted molar refractivity (Wildman–Crippen MR) is 246 cm³/mol. The SMILES string of the molecule is c1ccc(-c2cc(-c3ccc(-c4ccc(-c5ccc6c7c(cccc57)-c5ccccc5-6)cc4)cc3)c(-c3ccccc3)c(-c3ccccc3)c2-c2ccccc2)cc1. The molecule has 0 radical (unpaired) electrons. The molecule has 10 aromatic carbocycles. The first-order valence-corrected chi connectivity index (χ1v) is 20.1. The fourth-order valence-electron chi connectivity index (χ4n) is 9.20. The lowest BCUT2D eigenvalue weighted by atomic mass is 9.79. The van der Waals surface area contributed by atoms with Crippen LogP contribution in [0.3, 0.4) is 0 Å². The van der Waals surface area contributed by atoms with Crippen molar-refractivity contribution < 1.29 is 0 Å². The minimum atomic E-state index is 1.18. The van der Waals surface area contributed by atoms with E-state index in [0.717, 1.165) is 0 Å². The van der Waals surface area contributed by atoms with Gasteiger partial charge in [-0.15, -0.1) is 0 Å². The number of hydrogen-bond acceptors (Lipinski definition) is 0. The van der Waals surface area contributed by atoms with Crippen LogP contribution in [0.25, 0.3) is 111 Å². The summed E-state index contributed by atoms with van der Waals surface area (Å²) >= 11 is 0. The van der Waals surface area contributed by atoms with Crippen LogP contribution >= 0.6 is 0 Å². The van der Waals surface area contributed by atoms with Gasteiger partial charge in [0.15, 0.2) is 0 Å². The van der Waals surface area contributed by atoms with Crippen molar-refractivity contribution in [1.29, 1.82) is 0 Å². The second-order valence-corrected chi connectivity index (χ2v) is 15.1. The number of benzene rings is 10. The van der Waals surface area contributed by atoms with E-state index in [1.807, 2.05) is 0 Å². The Hall–Kier alpha value is -7.54. The minimum absolute atomic E-state index is 1.18. The van der Waals surface area contributed by atoms with Crippen molar-refractivity contribution in [2.45, 2.75) is 0 Å². The van der Waals surface area contributed by atoms with E-state index in [-0.39, 0.29) is 0 Å². The van der Waals surface area contributed by atoms with Crippen LogP contribution < -0.4 is 0 Å². The Labute approximate surface area is 340 Å². The maximum Gasteiger partial charge on any atom is -0.00143 e. The molecule has 1 aliphatic rings. The molecule has 0 amide bonds. The predicted octanol–water partition coefficient (Wildman–Crippen LogP) is 16.2. The monoisotopic (exact) mass is 734 g/mol. The summed E-state index contributed by atoms with van der Waals surface area (Å²) < 4.78 is 0. The average Bonchev–Trinajstić information content (AvgIpc) is 3.64. The molecule has 0 bridgehead atoms. The smallest absolute Gasteiger partial charge is 0.00143 e. The molecule has 0 spiro atoms. The number of fused-ring (bicyclic) bond motifs is 3. The minimum Gasteiger partial charge on any atom is -0.0622 e. The van der Waals surface area contributed by atoms with E-state index in [4.69, 9.17) is 0 Å². The molecule has 0 fully saturated rings. The molecule has 0 N–H and O–H groups in total. The summed E-state index contributed by atoms with van der Waals surface area (Å²) in [4.78, 5) is 0. The van der Waals surface area contributed by atoms with Crippen LogP contribution in [0.15, 0.2) is 231 Å². The Bertz CT molecular complexity index is 3060. The van der Waals surface area contributed by atoms with Gasteiger partial charge in [0.2, 0.25) is 0 Å². The maximum absolute atomic E-state index is 2.42. The quantitative estimate of drug-likeness (QED) is 0.153. The molecule has 0 nitrogen and oxygen atoms in total. The zero-order valence-corrected chi connectivity index (χ0v) is 31.9. The first-order chi connectivity index (χ1) is 28.8. The molecule has 0 heterocycles. The van der Waals surface area contributed by atoms with Crippen LogP contribution in [0.4, 0.5) is 0 Å². The third-order valence-corrected chi connectivity index (χ3v) is 11.9. The van der Waals surface area contributed by atoms with Crippen LogP contribution in [0.1, 0.15) is 0 Å². The number of hydrogen-bond donors (Lipinski definition) is 0. The molecule has 0 heteroatoms. The van der Waals surface area contributed by atoms with Crippen LogP contribution in [0.5, 0.6) is 0 Å². The summed E-state index contributed by atoms with van der Waals surface area (Å²) in [6.45, 7) is 0. The zero-order valence-electron chi connectivity index (χ0n) is 31.9. The lowest BCUT2D eigenvalue weighted by Gasteiger charge is -2.24. The van der Waals surface area contributed by atoms with Gasteiger partial charge in [0, 0.05) is 0 Å². The van der Waals surface area contributed by atoms with Crippen LogP contribution in [-0.4, -0.2) is 0 Å². The van der Waals surface area contributed by atoms with Gasteiger partial charge in [-0.2, -0.15) is 0 Å². The van der Waals surface area contributed by atoms with Gasteiger partial charge in [-0.3, -0.25) is 0 Å². The van der Waals surface area contributed by atoms with E-state index in [2.05, 4.69) is 231 Å². The van der Waals surface area contributed by atoms with Crippen molar-refractivity contribution in [2.24, 2.45) is 0 Å². The highest BCUT2D eigenvalue weighted by Crippen LogP contribution is 2.51. The van der Waals surface area contributed by atoms with Crippen LogP contribution in [0, 0.1) is 0 Å². The molecule has 0 saturated carbocycles. The van der Waals surface area contributed by atoms with Crippen LogP contribution in [-0.2, 0) is 0 Å². The maximum atomic E-state index is 2.42. The largest absolute Gasteiger partial charge is 0.0622 e. The third-order valence-electron chi connectivity index (χ3n) is 11.9. The summed E-state index contributed by atoms with van der Waals surface area (Å²) in [6.07, 6.45) is 0. The molecule has 0 saturated heterocycles. The Morgan fingerprint density at radius 2 is 0.517 bits per heavy atom.